The van der Waals surface area contributed by atoms with Crippen LogP contribution in [0.1, 0.15) is 33.6 Å². The number of para-hydroxylation sites is 1. The number of piperidine rings is 1. The van der Waals surface area contributed by atoms with Crippen LogP contribution in [0.15, 0.2) is 30.3 Å². The van der Waals surface area contributed by atoms with E-state index in [1.54, 1.807) is 0 Å². The molecule has 144 valence electrons. The van der Waals surface area contributed by atoms with Crippen LogP contribution in [0.25, 0.3) is 0 Å². The number of aliphatic hydroxyl groups is 1. The van der Waals surface area contributed by atoms with Crippen LogP contribution in [0, 0.1) is 5.41 Å². The van der Waals surface area contributed by atoms with Crippen molar-refractivity contribution >= 4 is 11.6 Å². The summed E-state index contributed by atoms with van der Waals surface area (Å²) in [7, 11) is 0. The number of hydrogen-bond donors (Lipinski definition) is 1. The highest BCUT2D eigenvalue weighted by molar-refractivity contribution is 5.86. The molecule has 1 atom stereocenters. The van der Waals surface area contributed by atoms with Crippen molar-refractivity contribution < 1.29 is 9.90 Å². The third-order valence-electron chi connectivity index (χ3n) is 5.35. The minimum atomic E-state index is -1.22. The Bertz CT molecular complexity index is 605. The molecule has 1 N–H and O–H groups in total. The molecular weight excluding hydrogens is 326 g/mol. The van der Waals surface area contributed by atoms with Crippen molar-refractivity contribution in [3.63, 3.8) is 0 Å². The lowest BCUT2D eigenvalue weighted by Crippen LogP contribution is -2.61. The second-order valence-corrected chi connectivity index (χ2v) is 9.02. The van der Waals surface area contributed by atoms with E-state index in [2.05, 4.69) is 54.8 Å². The number of rotatable bonds is 4. The number of piperazine rings is 1. The molecule has 0 aromatic heterocycles. The van der Waals surface area contributed by atoms with E-state index in [0.29, 0.717) is 19.5 Å². The van der Waals surface area contributed by atoms with E-state index in [9.17, 15) is 9.90 Å². The molecule has 1 amide bonds. The van der Waals surface area contributed by atoms with Gasteiger partial charge in [-0.2, -0.15) is 0 Å². The summed E-state index contributed by atoms with van der Waals surface area (Å²) in [5, 5.41) is 11.1. The van der Waals surface area contributed by atoms with Gasteiger partial charge in [-0.3, -0.25) is 9.69 Å². The normalized spacial score (nSPS) is 25.6. The average molecular weight is 360 g/mol. The number of hydrogen-bond acceptors (Lipinski definition) is 4. The summed E-state index contributed by atoms with van der Waals surface area (Å²) in [5.74, 6) is -0.0795. The fourth-order valence-electron chi connectivity index (χ4n) is 4.11. The van der Waals surface area contributed by atoms with Crippen LogP contribution in [0.4, 0.5) is 5.69 Å². The van der Waals surface area contributed by atoms with Crippen LogP contribution in [-0.2, 0) is 4.79 Å². The van der Waals surface area contributed by atoms with Crippen LogP contribution in [0.2, 0.25) is 0 Å². The quantitative estimate of drug-likeness (QED) is 0.895. The maximum Gasteiger partial charge on any atom is 0.255 e. The van der Waals surface area contributed by atoms with Gasteiger partial charge in [-0.05, 0) is 30.4 Å². The smallest absolute Gasteiger partial charge is 0.255 e. The molecule has 2 aliphatic rings. The highest BCUT2D eigenvalue weighted by atomic mass is 16.3. The summed E-state index contributed by atoms with van der Waals surface area (Å²) in [5.41, 5.74) is 0.0733. The van der Waals surface area contributed by atoms with Gasteiger partial charge >= 0.3 is 0 Å². The summed E-state index contributed by atoms with van der Waals surface area (Å²) >= 11 is 0. The Hall–Kier alpha value is -1.59. The molecule has 3 rings (SSSR count). The lowest BCUT2D eigenvalue weighted by molar-refractivity contribution is -0.161. The van der Waals surface area contributed by atoms with E-state index in [4.69, 9.17) is 0 Å². The van der Waals surface area contributed by atoms with E-state index in [0.717, 1.165) is 39.1 Å². The topological polar surface area (TPSA) is 47.0 Å². The molecule has 2 aliphatic heterocycles. The molecule has 1 aromatic rings. The molecule has 26 heavy (non-hydrogen) atoms. The molecular formula is C21H33N3O2. The minimum Gasteiger partial charge on any atom is -0.379 e. The zero-order valence-corrected chi connectivity index (χ0v) is 16.4. The van der Waals surface area contributed by atoms with Gasteiger partial charge in [-0.1, -0.05) is 39.0 Å². The van der Waals surface area contributed by atoms with Gasteiger partial charge in [-0.15, -0.1) is 0 Å². The van der Waals surface area contributed by atoms with Gasteiger partial charge in [0.1, 0.15) is 0 Å². The Balaban J connectivity index is 1.57. The highest BCUT2D eigenvalue weighted by Crippen LogP contribution is 2.27. The molecule has 5 heteroatoms. The largest absolute Gasteiger partial charge is 0.379 e. The first kappa shape index (κ1) is 19.2. The van der Waals surface area contributed by atoms with Crippen LogP contribution < -0.4 is 4.90 Å². The second kappa shape index (κ2) is 7.57. The summed E-state index contributed by atoms with van der Waals surface area (Å²) in [4.78, 5) is 19.4. The van der Waals surface area contributed by atoms with Crippen molar-refractivity contribution in [3.05, 3.63) is 30.3 Å². The Morgan fingerprint density at radius 1 is 1.04 bits per heavy atom. The summed E-state index contributed by atoms with van der Waals surface area (Å²) < 4.78 is 0. The van der Waals surface area contributed by atoms with Crippen molar-refractivity contribution in [1.29, 1.82) is 0 Å². The van der Waals surface area contributed by atoms with Gasteiger partial charge in [0.05, 0.1) is 0 Å². The van der Waals surface area contributed by atoms with E-state index in [1.165, 1.54) is 5.69 Å². The Morgan fingerprint density at radius 2 is 1.69 bits per heavy atom. The predicted octanol–water partition coefficient (Wildman–Crippen LogP) is 2.21. The molecule has 0 saturated carbocycles. The average Bonchev–Trinajstić information content (AvgIpc) is 2.59. The number of benzene rings is 1. The van der Waals surface area contributed by atoms with Gasteiger partial charge in [0, 0.05) is 51.5 Å². The number of nitrogens with zero attached hydrogens (tertiary/aromatic N) is 3. The molecule has 0 aliphatic carbocycles. The lowest BCUT2D eigenvalue weighted by atomic mass is 9.88. The maximum absolute atomic E-state index is 12.9. The second-order valence-electron chi connectivity index (χ2n) is 9.02. The van der Waals surface area contributed by atoms with Gasteiger partial charge in [0.15, 0.2) is 5.60 Å². The molecule has 0 spiro atoms. The third kappa shape index (κ3) is 4.57. The third-order valence-corrected chi connectivity index (χ3v) is 5.35. The van der Waals surface area contributed by atoms with Crippen molar-refractivity contribution in [2.75, 3.05) is 50.7 Å². The first-order chi connectivity index (χ1) is 12.3. The van der Waals surface area contributed by atoms with E-state index in [1.807, 2.05) is 11.0 Å². The summed E-state index contributed by atoms with van der Waals surface area (Å²) in [6.45, 7) is 11.9. The fraction of sp³-hybridized carbons (Fsp3) is 0.667. The van der Waals surface area contributed by atoms with E-state index in [-0.39, 0.29) is 11.3 Å². The van der Waals surface area contributed by atoms with Gasteiger partial charge in [0.25, 0.3) is 5.91 Å². The van der Waals surface area contributed by atoms with Crippen molar-refractivity contribution in [1.82, 2.24) is 9.80 Å². The van der Waals surface area contributed by atoms with E-state index < -0.39 is 5.60 Å². The standard InChI is InChI=1S/C21H33N3O2/c1-20(2,3)16-24-11-7-10-21(26,19(24)25)17-22-12-14-23(15-13-22)18-8-5-4-6-9-18/h4-6,8-9,26H,7,10-17H2,1-3H3/t21-/m1/s1. The van der Waals surface area contributed by atoms with Crippen molar-refractivity contribution in [2.45, 2.75) is 39.2 Å². The molecule has 5 nitrogen and oxygen atoms in total. The van der Waals surface area contributed by atoms with Gasteiger partial charge in [-0.25, -0.2) is 0 Å². The van der Waals surface area contributed by atoms with Crippen molar-refractivity contribution in [2.24, 2.45) is 5.41 Å². The molecule has 2 fully saturated rings. The van der Waals surface area contributed by atoms with Crippen LogP contribution in [-0.4, -0.2) is 72.2 Å². The Kier molecular flexibility index (Phi) is 5.58. The molecule has 0 unspecified atom stereocenters. The summed E-state index contributed by atoms with van der Waals surface area (Å²) in [6.07, 6.45) is 1.45. The van der Waals surface area contributed by atoms with Gasteiger partial charge in [0.2, 0.25) is 0 Å². The molecule has 2 heterocycles. The van der Waals surface area contributed by atoms with E-state index >= 15 is 0 Å². The maximum atomic E-state index is 12.9. The zero-order valence-electron chi connectivity index (χ0n) is 16.4. The number of amides is 1. The first-order valence-corrected chi connectivity index (χ1v) is 9.81. The van der Waals surface area contributed by atoms with Crippen LogP contribution in [0.5, 0.6) is 0 Å². The molecule has 2 saturated heterocycles. The monoisotopic (exact) mass is 359 g/mol. The van der Waals surface area contributed by atoms with Crippen molar-refractivity contribution in [3.8, 4) is 0 Å². The Morgan fingerprint density at radius 3 is 2.31 bits per heavy atom. The van der Waals surface area contributed by atoms with Crippen LogP contribution >= 0.6 is 0 Å². The minimum absolute atomic E-state index is 0.0508. The molecule has 1 aromatic carbocycles. The van der Waals surface area contributed by atoms with Gasteiger partial charge < -0.3 is 14.9 Å². The zero-order chi connectivity index (χ0) is 18.8. The number of anilines is 1. The highest BCUT2D eigenvalue weighted by Gasteiger charge is 2.44. The first-order valence-electron chi connectivity index (χ1n) is 9.81. The number of likely N-dealkylation sites (tertiary alicyclic amines) is 1. The SMILES string of the molecule is CC(C)(C)CN1CCC[C@@](O)(CN2CCN(c3ccccc3)CC2)C1=O. The number of β-amino-alcohol motifs (C(OH)–C–C–N with tert-alkyl or cyclic N) is 1. The number of carbonyl (C=O) groups is 1. The summed E-state index contributed by atoms with van der Waals surface area (Å²) in [6, 6.07) is 10.4. The molecule has 0 bridgehead atoms. The van der Waals surface area contributed by atoms with Crippen LogP contribution in [0.3, 0.4) is 0 Å². The Labute approximate surface area is 157 Å². The fourth-order valence-corrected chi connectivity index (χ4v) is 4.11. The predicted molar refractivity (Wildman–Crippen MR) is 105 cm³/mol. The number of carbonyl (C=O) groups excluding carboxylic acids is 1. The lowest BCUT2D eigenvalue weighted by Gasteiger charge is -2.44. The molecule has 0 radical (unpaired) electrons.